The Kier molecular flexibility index (Phi) is 5.53. The maximum atomic E-state index is 13.7. The van der Waals surface area contributed by atoms with E-state index >= 15 is 0 Å². The molecule has 0 saturated carbocycles. The van der Waals surface area contributed by atoms with Gasteiger partial charge in [0.05, 0.1) is 24.3 Å². The first-order valence-corrected chi connectivity index (χ1v) is 8.95. The third-order valence-electron chi connectivity index (χ3n) is 5.25. The van der Waals surface area contributed by atoms with Crippen LogP contribution in [0, 0.1) is 0 Å². The Balaban J connectivity index is 1.93. The SMILES string of the molecule is C[C@]1(Cc2ccc(N3CCOCC3)cc2C(F)(F)F)CNCCN1C(=O)O. The number of carbonyl (C=O) groups is 1. The molecule has 2 heterocycles. The number of hydrogen-bond donors (Lipinski definition) is 2. The van der Waals surface area contributed by atoms with E-state index in [1.807, 2.05) is 4.90 Å². The molecular weight excluding hydrogens is 363 g/mol. The van der Waals surface area contributed by atoms with Crippen molar-refractivity contribution in [3.8, 4) is 0 Å². The van der Waals surface area contributed by atoms with Crippen LogP contribution in [0.15, 0.2) is 18.2 Å². The third-order valence-corrected chi connectivity index (χ3v) is 5.25. The molecule has 2 fully saturated rings. The maximum absolute atomic E-state index is 13.7. The molecule has 2 N–H and O–H groups in total. The molecular formula is C18H24F3N3O3. The van der Waals surface area contributed by atoms with Crippen molar-refractivity contribution in [1.29, 1.82) is 0 Å². The van der Waals surface area contributed by atoms with Crippen LogP contribution in [0.1, 0.15) is 18.1 Å². The Morgan fingerprint density at radius 3 is 2.63 bits per heavy atom. The van der Waals surface area contributed by atoms with Gasteiger partial charge in [0.1, 0.15) is 0 Å². The Labute approximate surface area is 155 Å². The number of ether oxygens (including phenoxy) is 1. The molecule has 150 valence electrons. The minimum Gasteiger partial charge on any atom is -0.465 e. The van der Waals surface area contributed by atoms with Crippen molar-refractivity contribution in [3.05, 3.63) is 29.3 Å². The molecule has 0 bridgehead atoms. The number of nitrogens with one attached hydrogen (secondary N) is 1. The van der Waals surface area contributed by atoms with Gasteiger partial charge >= 0.3 is 12.3 Å². The fourth-order valence-corrected chi connectivity index (χ4v) is 3.81. The summed E-state index contributed by atoms with van der Waals surface area (Å²) >= 11 is 0. The van der Waals surface area contributed by atoms with Gasteiger partial charge < -0.3 is 25.0 Å². The van der Waals surface area contributed by atoms with E-state index in [2.05, 4.69) is 5.32 Å². The molecule has 2 saturated heterocycles. The van der Waals surface area contributed by atoms with Gasteiger partial charge in [-0.3, -0.25) is 0 Å². The van der Waals surface area contributed by atoms with Gasteiger partial charge in [0.25, 0.3) is 0 Å². The molecule has 0 unspecified atom stereocenters. The molecule has 1 amide bonds. The van der Waals surface area contributed by atoms with Crippen LogP contribution >= 0.6 is 0 Å². The highest BCUT2D eigenvalue weighted by molar-refractivity contribution is 5.66. The lowest BCUT2D eigenvalue weighted by molar-refractivity contribution is -0.138. The molecule has 0 spiro atoms. The number of morpholine rings is 1. The number of rotatable bonds is 3. The Hall–Kier alpha value is -2.00. The van der Waals surface area contributed by atoms with E-state index in [0.717, 1.165) is 0 Å². The number of carboxylic acid groups (broad SMARTS) is 1. The van der Waals surface area contributed by atoms with E-state index in [1.165, 1.54) is 17.0 Å². The predicted molar refractivity (Wildman–Crippen MR) is 94.2 cm³/mol. The second kappa shape index (κ2) is 7.55. The number of piperazine rings is 1. The minimum atomic E-state index is -4.51. The Morgan fingerprint density at radius 1 is 1.30 bits per heavy atom. The number of hydrogen-bond acceptors (Lipinski definition) is 4. The van der Waals surface area contributed by atoms with E-state index in [1.54, 1.807) is 13.0 Å². The van der Waals surface area contributed by atoms with Crippen LogP contribution in [0.5, 0.6) is 0 Å². The molecule has 2 aliphatic heterocycles. The van der Waals surface area contributed by atoms with E-state index in [9.17, 15) is 23.1 Å². The van der Waals surface area contributed by atoms with Crippen molar-refractivity contribution < 1.29 is 27.8 Å². The van der Waals surface area contributed by atoms with Crippen molar-refractivity contribution in [1.82, 2.24) is 10.2 Å². The van der Waals surface area contributed by atoms with Gasteiger partial charge in [-0.05, 0) is 31.0 Å². The van der Waals surface area contributed by atoms with Gasteiger partial charge in [0, 0.05) is 38.4 Å². The summed E-state index contributed by atoms with van der Waals surface area (Å²) in [6.07, 6.45) is -5.63. The molecule has 0 aromatic heterocycles. The van der Waals surface area contributed by atoms with Crippen molar-refractivity contribution >= 4 is 11.8 Å². The molecule has 27 heavy (non-hydrogen) atoms. The Morgan fingerprint density at radius 2 is 2.00 bits per heavy atom. The van der Waals surface area contributed by atoms with Crippen LogP contribution in [0.4, 0.5) is 23.7 Å². The van der Waals surface area contributed by atoms with Gasteiger partial charge in [0.15, 0.2) is 0 Å². The number of amides is 1. The van der Waals surface area contributed by atoms with Crippen molar-refractivity contribution in [2.24, 2.45) is 0 Å². The molecule has 2 aliphatic rings. The molecule has 1 atom stereocenters. The first-order valence-electron chi connectivity index (χ1n) is 8.95. The molecule has 0 aliphatic carbocycles. The first-order chi connectivity index (χ1) is 12.7. The molecule has 6 nitrogen and oxygen atoms in total. The highest BCUT2D eigenvalue weighted by Crippen LogP contribution is 2.37. The average molecular weight is 387 g/mol. The van der Waals surface area contributed by atoms with Gasteiger partial charge in [0.2, 0.25) is 0 Å². The smallest absolute Gasteiger partial charge is 0.416 e. The van der Waals surface area contributed by atoms with Crippen LogP contribution in [-0.2, 0) is 17.3 Å². The monoisotopic (exact) mass is 387 g/mol. The summed E-state index contributed by atoms with van der Waals surface area (Å²) in [5.41, 5.74) is -1.03. The highest BCUT2D eigenvalue weighted by Gasteiger charge is 2.41. The van der Waals surface area contributed by atoms with Gasteiger partial charge in [-0.25, -0.2) is 4.79 Å². The zero-order chi connectivity index (χ0) is 19.7. The quantitative estimate of drug-likeness (QED) is 0.834. The standard InChI is InChI=1S/C18H24F3N3O3/c1-17(12-22-4-5-24(17)16(25)26)11-13-2-3-14(10-15(13)18(19,20)21)23-6-8-27-9-7-23/h2-3,10,22H,4-9,11-12H2,1H3,(H,25,26)/t17-/m0/s1. The fourth-order valence-electron chi connectivity index (χ4n) is 3.81. The van der Waals surface area contributed by atoms with Crippen molar-refractivity contribution in [3.63, 3.8) is 0 Å². The van der Waals surface area contributed by atoms with Crippen molar-refractivity contribution in [2.45, 2.75) is 25.1 Å². The number of benzene rings is 1. The Bertz CT molecular complexity index is 692. The summed E-state index contributed by atoms with van der Waals surface area (Å²) in [6.45, 7) is 4.80. The summed E-state index contributed by atoms with van der Waals surface area (Å²) in [5, 5.41) is 12.5. The summed E-state index contributed by atoms with van der Waals surface area (Å²) in [4.78, 5) is 14.7. The number of nitrogens with zero attached hydrogens (tertiary/aromatic N) is 2. The molecule has 3 rings (SSSR count). The highest BCUT2D eigenvalue weighted by atomic mass is 19.4. The lowest BCUT2D eigenvalue weighted by atomic mass is 9.87. The summed E-state index contributed by atoms with van der Waals surface area (Å²) in [5.74, 6) is 0. The number of anilines is 1. The fraction of sp³-hybridized carbons (Fsp3) is 0.611. The van der Waals surface area contributed by atoms with E-state index < -0.39 is 23.4 Å². The van der Waals surface area contributed by atoms with Crippen LogP contribution in [0.3, 0.4) is 0 Å². The van der Waals surface area contributed by atoms with Crippen molar-refractivity contribution in [2.75, 3.05) is 50.8 Å². The summed E-state index contributed by atoms with van der Waals surface area (Å²) in [7, 11) is 0. The lowest BCUT2D eigenvalue weighted by Gasteiger charge is -2.44. The van der Waals surface area contributed by atoms with Crippen LogP contribution in [0.2, 0.25) is 0 Å². The summed E-state index contributed by atoms with van der Waals surface area (Å²) < 4.78 is 46.5. The van der Waals surface area contributed by atoms with Crippen LogP contribution in [-0.4, -0.2) is 67.6 Å². The molecule has 1 aromatic carbocycles. The van der Waals surface area contributed by atoms with Gasteiger partial charge in [-0.15, -0.1) is 0 Å². The topological polar surface area (TPSA) is 65.0 Å². The van der Waals surface area contributed by atoms with E-state index in [4.69, 9.17) is 4.74 Å². The molecule has 0 radical (unpaired) electrons. The lowest BCUT2D eigenvalue weighted by Crippen LogP contribution is -2.62. The second-order valence-electron chi connectivity index (χ2n) is 7.22. The number of halogens is 3. The molecule has 1 aromatic rings. The zero-order valence-corrected chi connectivity index (χ0v) is 15.2. The van der Waals surface area contributed by atoms with Crippen LogP contribution in [0.25, 0.3) is 0 Å². The van der Waals surface area contributed by atoms with Gasteiger partial charge in [-0.2, -0.15) is 13.2 Å². The van der Waals surface area contributed by atoms with E-state index in [0.29, 0.717) is 45.1 Å². The largest absolute Gasteiger partial charge is 0.465 e. The zero-order valence-electron chi connectivity index (χ0n) is 15.2. The normalized spacial score (nSPS) is 24.1. The average Bonchev–Trinajstić information content (AvgIpc) is 2.61. The first kappa shape index (κ1) is 19.8. The molecule has 9 heteroatoms. The number of alkyl halides is 3. The van der Waals surface area contributed by atoms with E-state index in [-0.39, 0.29) is 18.5 Å². The van der Waals surface area contributed by atoms with Crippen LogP contribution < -0.4 is 10.2 Å². The maximum Gasteiger partial charge on any atom is 0.416 e. The second-order valence-corrected chi connectivity index (χ2v) is 7.22. The predicted octanol–water partition coefficient (Wildman–Crippen LogP) is 2.43. The summed E-state index contributed by atoms with van der Waals surface area (Å²) in [6, 6.07) is 4.33. The third kappa shape index (κ3) is 4.30. The minimum absolute atomic E-state index is 0.00939. The van der Waals surface area contributed by atoms with Gasteiger partial charge in [-0.1, -0.05) is 6.07 Å².